The lowest BCUT2D eigenvalue weighted by Gasteiger charge is -2.26. The molecule has 1 heterocycles. The van der Waals surface area contributed by atoms with E-state index in [-0.39, 0.29) is 6.61 Å². The van der Waals surface area contributed by atoms with Gasteiger partial charge in [-0.3, -0.25) is 4.90 Å². The van der Waals surface area contributed by atoms with Crippen LogP contribution < -0.4 is 0 Å². The maximum Gasteiger partial charge on any atom is 0.0558 e. The predicted octanol–water partition coefficient (Wildman–Crippen LogP) is 0.393. The van der Waals surface area contributed by atoms with E-state index in [4.69, 9.17) is 5.11 Å². The molecule has 0 saturated carbocycles. The van der Waals surface area contributed by atoms with Crippen LogP contribution in [0.3, 0.4) is 0 Å². The van der Waals surface area contributed by atoms with Crippen molar-refractivity contribution in [3.63, 3.8) is 0 Å². The number of hydrogen-bond acceptors (Lipinski definition) is 3. The Balaban J connectivity index is 2.42. The van der Waals surface area contributed by atoms with Crippen LogP contribution in [0, 0.1) is 0 Å². The lowest BCUT2D eigenvalue weighted by Crippen LogP contribution is -2.38. The van der Waals surface area contributed by atoms with Crippen molar-refractivity contribution < 1.29 is 5.11 Å². The first-order chi connectivity index (χ1) is 6.19. The minimum Gasteiger partial charge on any atom is -0.395 e. The van der Waals surface area contributed by atoms with Gasteiger partial charge in [0.1, 0.15) is 0 Å². The standard InChI is InChI=1S/C10H22N2O/c1-4-12(5-6-13)10-7-9(2)11(3)8-10/h9-10,13H,4-8H2,1-3H3. The second-order valence-corrected chi connectivity index (χ2v) is 4.03. The summed E-state index contributed by atoms with van der Waals surface area (Å²) in [5.41, 5.74) is 0. The van der Waals surface area contributed by atoms with Gasteiger partial charge in [-0.1, -0.05) is 6.92 Å². The van der Waals surface area contributed by atoms with Gasteiger partial charge in [0, 0.05) is 25.2 Å². The zero-order valence-corrected chi connectivity index (χ0v) is 9.03. The van der Waals surface area contributed by atoms with Gasteiger partial charge >= 0.3 is 0 Å². The lowest BCUT2D eigenvalue weighted by atomic mass is 10.1. The van der Waals surface area contributed by atoms with E-state index in [1.54, 1.807) is 0 Å². The summed E-state index contributed by atoms with van der Waals surface area (Å²) in [7, 11) is 2.18. The highest BCUT2D eigenvalue weighted by atomic mass is 16.3. The second-order valence-electron chi connectivity index (χ2n) is 4.03. The lowest BCUT2D eigenvalue weighted by molar-refractivity contribution is 0.159. The summed E-state index contributed by atoms with van der Waals surface area (Å²) in [6.07, 6.45) is 1.24. The highest BCUT2D eigenvalue weighted by molar-refractivity contribution is 4.86. The van der Waals surface area contributed by atoms with Crippen molar-refractivity contribution in [2.24, 2.45) is 0 Å². The predicted molar refractivity (Wildman–Crippen MR) is 54.8 cm³/mol. The van der Waals surface area contributed by atoms with Gasteiger partial charge in [-0.05, 0) is 26.9 Å². The highest BCUT2D eigenvalue weighted by Gasteiger charge is 2.29. The van der Waals surface area contributed by atoms with Crippen LogP contribution in [0.15, 0.2) is 0 Å². The molecule has 0 amide bonds. The molecule has 2 unspecified atom stereocenters. The molecule has 0 bridgehead atoms. The van der Waals surface area contributed by atoms with Crippen LogP contribution >= 0.6 is 0 Å². The van der Waals surface area contributed by atoms with Crippen molar-refractivity contribution in [1.29, 1.82) is 0 Å². The summed E-state index contributed by atoms with van der Waals surface area (Å²) in [4.78, 5) is 4.77. The molecule has 2 atom stereocenters. The zero-order chi connectivity index (χ0) is 9.84. The van der Waals surface area contributed by atoms with Gasteiger partial charge in [-0.2, -0.15) is 0 Å². The Morgan fingerprint density at radius 1 is 1.54 bits per heavy atom. The van der Waals surface area contributed by atoms with Gasteiger partial charge in [0.2, 0.25) is 0 Å². The molecule has 13 heavy (non-hydrogen) atoms. The molecule has 0 aromatic carbocycles. The first-order valence-corrected chi connectivity index (χ1v) is 5.24. The molecular formula is C10H22N2O. The molecule has 1 saturated heterocycles. The molecule has 1 rings (SSSR count). The van der Waals surface area contributed by atoms with Crippen LogP contribution in [-0.2, 0) is 0 Å². The average Bonchev–Trinajstić information content (AvgIpc) is 2.43. The molecule has 0 spiro atoms. The summed E-state index contributed by atoms with van der Waals surface area (Å²) in [6.45, 7) is 7.73. The smallest absolute Gasteiger partial charge is 0.0558 e. The third-order valence-corrected chi connectivity index (χ3v) is 3.17. The van der Waals surface area contributed by atoms with E-state index < -0.39 is 0 Å². The Morgan fingerprint density at radius 3 is 2.62 bits per heavy atom. The van der Waals surface area contributed by atoms with Crippen molar-refractivity contribution in [3.8, 4) is 0 Å². The van der Waals surface area contributed by atoms with Gasteiger partial charge < -0.3 is 10.0 Å². The van der Waals surface area contributed by atoms with Gasteiger partial charge in [0.05, 0.1) is 6.61 Å². The number of likely N-dealkylation sites (N-methyl/N-ethyl adjacent to an activating group) is 2. The fourth-order valence-electron chi connectivity index (χ4n) is 2.15. The molecule has 0 radical (unpaired) electrons. The largest absolute Gasteiger partial charge is 0.395 e. The zero-order valence-electron chi connectivity index (χ0n) is 9.03. The van der Waals surface area contributed by atoms with Crippen LogP contribution in [-0.4, -0.2) is 60.3 Å². The van der Waals surface area contributed by atoms with Gasteiger partial charge in [0.15, 0.2) is 0 Å². The fourth-order valence-corrected chi connectivity index (χ4v) is 2.15. The third-order valence-electron chi connectivity index (χ3n) is 3.17. The molecule has 1 N–H and O–H groups in total. The van der Waals surface area contributed by atoms with Crippen molar-refractivity contribution in [1.82, 2.24) is 9.80 Å². The Bertz CT molecular complexity index is 142. The van der Waals surface area contributed by atoms with Gasteiger partial charge in [-0.25, -0.2) is 0 Å². The summed E-state index contributed by atoms with van der Waals surface area (Å²) in [5, 5.41) is 8.90. The van der Waals surface area contributed by atoms with Crippen molar-refractivity contribution in [2.75, 3.05) is 33.3 Å². The van der Waals surface area contributed by atoms with E-state index in [0.29, 0.717) is 12.1 Å². The van der Waals surface area contributed by atoms with Crippen LogP contribution in [0.5, 0.6) is 0 Å². The minimum atomic E-state index is 0.280. The quantitative estimate of drug-likeness (QED) is 0.688. The third kappa shape index (κ3) is 2.66. The monoisotopic (exact) mass is 186 g/mol. The normalized spacial score (nSPS) is 30.2. The molecule has 0 aliphatic carbocycles. The van der Waals surface area contributed by atoms with E-state index in [9.17, 15) is 0 Å². The van der Waals surface area contributed by atoms with Crippen molar-refractivity contribution >= 4 is 0 Å². The number of aliphatic hydroxyl groups is 1. The van der Waals surface area contributed by atoms with E-state index in [2.05, 4.69) is 30.7 Å². The van der Waals surface area contributed by atoms with Gasteiger partial charge in [0.25, 0.3) is 0 Å². The topological polar surface area (TPSA) is 26.7 Å². The van der Waals surface area contributed by atoms with Crippen LogP contribution in [0.25, 0.3) is 0 Å². The summed E-state index contributed by atoms with van der Waals surface area (Å²) < 4.78 is 0. The van der Waals surface area contributed by atoms with Crippen molar-refractivity contribution in [3.05, 3.63) is 0 Å². The van der Waals surface area contributed by atoms with Crippen molar-refractivity contribution in [2.45, 2.75) is 32.4 Å². The number of nitrogens with zero attached hydrogens (tertiary/aromatic N) is 2. The van der Waals surface area contributed by atoms with E-state index in [1.165, 1.54) is 6.42 Å². The minimum absolute atomic E-state index is 0.280. The molecule has 1 fully saturated rings. The highest BCUT2D eigenvalue weighted by Crippen LogP contribution is 2.19. The molecular weight excluding hydrogens is 164 g/mol. The number of aliphatic hydroxyl groups excluding tert-OH is 1. The van der Waals surface area contributed by atoms with Gasteiger partial charge in [-0.15, -0.1) is 0 Å². The first-order valence-electron chi connectivity index (χ1n) is 5.24. The van der Waals surface area contributed by atoms with E-state index >= 15 is 0 Å². The Kier molecular flexibility index (Phi) is 4.16. The maximum atomic E-state index is 8.90. The number of likely N-dealkylation sites (tertiary alicyclic amines) is 1. The first kappa shape index (κ1) is 11.0. The molecule has 3 nitrogen and oxygen atoms in total. The van der Waals surface area contributed by atoms with Crippen LogP contribution in [0.1, 0.15) is 20.3 Å². The Morgan fingerprint density at radius 2 is 2.23 bits per heavy atom. The molecule has 0 aromatic heterocycles. The van der Waals surface area contributed by atoms with E-state index in [1.807, 2.05) is 0 Å². The summed E-state index contributed by atoms with van der Waals surface area (Å²) in [6, 6.07) is 1.34. The second kappa shape index (κ2) is 4.94. The number of rotatable bonds is 4. The van der Waals surface area contributed by atoms with Crippen LogP contribution in [0.4, 0.5) is 0 Å². The fraction of sp³-hybridized carbons (Fsp3) is 1.00. The average molecular weight is 186 g/mol. The summed E-state index contributed by atoms with van der Waals surface area (Å²) >= 11 is 0. The maximum absolute atomic E-state index is 8.90. The molecule has 1 aliphatic heterocycles. The molecule has 78 valence electrons. The van der Waals surface area contributed by atoms with E-state index in [0.717, 1.165) is 19.6 Å². The van der Waals surface area contributed by atoms with Crippen LogP contribution in [0.2, 0.25) is 0 Å². The Hall–Kier alpha value is -0.120. The molecule has 3 heteroatoms. The molecule has 1 aliphatic rings. The Labute approximate surface area is 81.3 Å². The molecule has 0 aromatic rings. The number of hydrogen-bond donors (Lipinski definition) is 1. The summed E-state index contributed by atoms with van der Waals surface area (Å²) in [5.74, 6) is 0. The SMILES string of the molecule is CCN(CCO)C1CC(C)N(C)C1.